The Balaban J connectivity index is 2.61. The maximum Gasteiger partial charge on any atom is 0.320 e. The topological polar surface area (TPSA) is 138 Å². The van der Waals surface area contributed by atoms with Gasteiger partial charge in [0.05, 0.1) is 9.79 Å². The molecule has 23 heavy (non-hydrogen) atoms. The molecule has 122 valence electrons. The van der Waals surface area contributed by atoms with E-state index in [9.17, 15) is 23.4 Å². The van der Waals surface area contributed by atoms with E-state index < -0.39 is 33.3 Å². The van der Waals surface area contributed by atoms with Gasteiger partial charge in [0.1, 0.15) is 6.04 Å². The van der Waals surface area contributed by atoms with Crippen LogP contribution in [0.25, 0.3) is 0 Å². The van der Waals surface area contributed by atoms with Gasteiger partial charge in [0.15, 0.2) is 11.5 Å². The van der Waals surface area contributed by atoms with Gasteiger partial charge >= 0.3 is 5.97 Å². The van der Waals surface area contributed by atoms with E-state index in [1.807, 2.05) is 0 Å². The summed E-state index contributed by atoms with van der Waals surface area (Å²) in [5, 5.41) is 28.1. The number of benzene rings is 2. The Labute approximate surface area is 132 Å². The summed E-state index contributed by atoms with van der Waals surface area (Å²) in [5.74, 6) is -2.47. The zero-order valence-corrected chi connectivity index (χ0v) is 12.7. The fraction of sp³-hybridized carbons (Fsp3) is 0.133. The van der Waals surface area contributed by atoms with Crippen molar-refractivity contribution in [3.8, 4) is 11.5 Å². The predicted molar refractivity (Wildman–Crippen MR) is 81.0 cm³/mol. The molecule has 2 rings (SSSR count). The number of phenolic OH excluding ortho intramolecular Hbond substituents is 2. The van der Waals surface area contributed by atoms with Crippen molar-refractivity contribution in [1.82, 2.24) is 0 Å². The Morgan fingerprint density at radius 1 is 1.09 bits per heavy atom. The van der Waals surface area contributed by atoms with Crippen molar-refractivity contribution in [2.24, 2.45) is 5.73 Å². The summed E-state index contributed by atoms with van der Waals surface area (Å²) in [7, 11) is -4.00. The molecule has 0 amide bonds. The van der Waals surface area contributed by atoms with Crippen LogP contribution in [-0.2, 0) is 21.1 Å². The average molecular weight is 337 g/mol. The van der Waals surface area contributed by atoms with Gasteiger partial charge in [-0.3, -0.25) is 4.79 Å². The first-order valence-electron chi connectivity index (χ1n) is 6.57. The molecule has 0 aliphatic rings. The summed E-state index contributed by atoms with van der Waals surface area (Å²) in [4.78, 5) is 10.6. The van der Waals surface area contributed by atoms with Crippen molar-refractivity contribution in [3.05, 3.63) is 48.0 Å². The molecule has 7 nitrogen and oxygen atoms in total. The second-order valence-corrected chi connectivity index (χ2v) is 6.83. The van der Waals surface area contributed by atoms with Crippen LogP contribution in [0.15, 0.2) is 52.3 Å². The van der Waals surface area contributed by atoms with Gasteiger partial charge in [0, 0.05) is 6.07 Å². The van der Waals surface area contributed by atoms with Crippen LogP contribution in [0.5, 0.6) is 11.5 Å². The van der Waals surface area contributed by atoms with Gasteiger partial charge in [-0.25, -0.2) is 8.42 Å². The van der Waals surface area contributed by atoms with Crippen molar-refractivity contribution in [3.63, 3.8) is 0 Å². The SMILES string of the molecule is NC(Cc1cc(O)c(O)cc1S(=O)(=O)c1ccccc1)C(=O)O. The third kappa shape index (κ3) is 3.43. The number of aromatic hydroxyl groups is 2. The Morgan fingerprint density at radius 2 is 1.65 bits per heavy atom. The lowest BCUT2D eigenvalue weighted by atomic mass is 10.1. The van der Waals surface area contributed by atoms with E-state index in [2.05, 4.69) is 0 Å². The van der Waals surface area contributed by atoms with Gasteiger partial charge in [0.25, 0.3) is 0 Å². The standard InChI is InChI=1S/C15H15NO6S/c16-11(15(19)20)6-9-7-12(17)13(18)8-14(9)23(21,22)10-4-2-1-3-5-10/h1-5,7-8,11,17-18H,6,16H2,(H,19,20). The summed E-state index contributed by atoms with van der Waals surface area (Å²) in [6.45, 7) is 0. The molecule has 2 aromatic rings. The Bertz CT molecular complexity index is 833. The summed E-state index contributed by atoms with van der Waals surface area (Å²) in [6, 6.07) is 8.03. The number of hydrogen-bond acceptors (Lipinski definition) is 6. The molecule has 1 atom stereocenters. The van der Waals surface area contributed by atoms with Crippen molar-refractivity contribution >= 4 is 15.8 Å². The second kappa shape index (κ2) is 6.27. The number of phenols is 2. The van der Waals surface area contributed by atoms with Gasteiger partial charge < -0.3 is 21.1 Å². The van der Waals surface area contributed by atoms with E-state index in [1.165, 1.54) is 24.3 Å². The fourth-order valence-corrected chi connectivity index (χ4v) is 3.59. The highest BCUT2D eigenvalue weighted by Gasteiger charge is 2.25. The molecule has 0 aliphatic heterocycles. The molecule has 0 fully saturated rings. The summed E-state index contributed by atoms with van der Waals surface area (Å²) in [6.07, 6.45) is -0.315. The van der Waals surface area contributed by atoms with Crippen LogP contribution in [-0.4, -0.2) is 35.7 Å². The van der Waals surface area contributed by atoms with Crippen LogP contribution in [0.1, 0.15) is 5.56 Å². The maximum atomic E-state index is 12.7. The molecule has 0 bridgehead atoms. The van der Waals surface area contributed by atoms with E-state index in [-0.39, 0.29) is 21.8 Å². The number of aliphatic carboxylic acids is 1. The number of carboxylic acid groups (broad SMARTS) is 1. The summed E-state index contributed by atoms with van der Waals surface area (Å²) >= 11 is 0. The normalized spacial score (nSPS) is 12.7. The Hall–Kier alpha value is -2.58. The molecule has 0 spiro atoms. The van der Waals surface area contributed by atoms with E-state index in [0.717, 1.165) is 12.1 Å². The van der Waals surface area contributed by atoms with E-state index in [4.69, 9.17) is 10.8 Å². The lowest BCUT2D eigenvalue weighted by Gasteiger charge is -2.14. The van der Waals surface area contributed by atoms with Gasteiger partial charge in [0.2, 0.25) is 9.84 Å². The highest BCUT2D eigenvalue weighted by molar-refractivity contribution is 7.91. The molecule has 2 aromatic carbocycles. The predicted octanol–water partition coefficient (Wildman–Crippen LogP) is 0.885. The minimum atomic E-state index is -4.00. The minimum Gasteiger partial charge on any atom is -0.504 e. The maximum absolute atomic E-state index is 12.7. The van der Waals surface area contributed by atoms with Gasteiger partial charge in [-0.05, 0) is 30.2 Å². The van der Waals surface area contributed by atoms with Crippen LogP contribution in [0.4, 0.5) is 0 Å². The number of sulfone groups is 1. The minimum absolute atomic E-state index is 0.0130. The van der Waals surface area contributed by atoms with Gasteiger partial charge in [-0.2, -0.15) is 0 Å². The van der Waals surface area contributed by atoms with Crippen LogP contribution >= 0.6 is 0 Å². The molecule has 1 unspecified atom stereocenters. The highest BCUT2D eigenvalue weighted by atomic mass is 32.2. The number of carboxylic acids is 1. The van der Waals surface area contributed by atoms with E-state index >= 15 is 0 Å². The summed E-state index contributed by atoms with van der Waals surface area (Å²) in [5.41, 5.74) is 5.46. The molecule has 8 heteroatoms. The van der Waals surface area contributed by atoms with Crippen molar-refractivity contribution in [2.75, 3.05) is 0 Å². The molecule has 0 saturated carbocycles. The van der Waals surface area contributed by atoms with Crippen LogP contribution in [0.3, 0.4) is 0 Å². The third-order valence-corrected chi connectivity index (χ3v) is 5.11. The molecule has 0 aromatic heterocycles. The number of carbonyl (C=O) groups is 1. The Morgan fingerprint density at radius 3 is 2.22 bits per heavy atom. The van der Waals surface area contributed by atoms with Gasteiger partial charge in [-0.1, -0.05) is 18.2 Å². The van der Waals surface area contributed by atoms with Crippen molar-refractivity contribution in [1.29, 1.82) is 0 Å². The van der Waals surface area contributed by atoms with Crippen LogP contribution < -0.4 is 5.73 Å². The largest absolute Gasteiger partial charge is 0.504 e. The average Bonchev–Trinajstić information content (AvgIpc) is 2.51. The molecule has 0 radical (unpaired) electrons. The molecular formula is C15H15NO6S. The Kier molecular flexibility index (Phi) is 4.57. The first-order chi connectivity index (χ1) is 10.7. The second-order valence-electron chi connectivity index (χ2n) is 4.91. The van der Waals surface area contributed by atoms with Crippen molar-refractivity contribution < 1.29 is 28.5 Å². The zero-order chi connectivity index (χ0) is 17.2. The van der Waals surface area contributed by atoms with Crippen LogP contribution in [0.2, 0.25) is 0 Å². The fourth-order valence-electron chi connectivity index (χ4n) is 2.06. The van der Waals surface area contributed by atoms with E-state index in [0.29, 0.717) is 0 Å². The molecule has 5 N–H and O–H groups in total. The van der Waals surface area contributed by atoms with E-state index in [1.54, 1.807) is 6.07 Å². The molecule has 0 heterocycles. The first kappa shape index (κ1) is 16.8. The summed E-state index contributed by atoms with van der Waals surface area (Å²) < 4.78 is 25.4. The molecular weight excluding hydrogens is 322 g/mol. The van der Waals surface area contributed by atoms with Crippen molar-refractivity contribution in [2.45, 2.75) is 22.3 Å². The number of rotatable bonds is 5. The first-order valence-corrected chi connectivity index (χ1v) is 8.05. The monoisotopic (exact) mass is 337 g/mol. The zero-order valence-electron chi connectivity index (χ0n) is 11.9. The smallest absolute Gasteiger partial charge is 0.320 e. The quantitative estimate of drug-likeness (QED) is 0.594. The van der Waals surface area contributed by atoms with Crippen LogP contribution in [0, 0.1) is 0 Å². The number of hydrogen-bond donors (Lipinski definition) is 4. The third-order valence-electron chi connectivity index (χ3n) is 3.26. The molecule has 0 aliphatic carbocycles. The molecule has 0 saturated heterocycles. The van der Waals surface area contributed by atoms with Gasteiger partial charge in [-0.15, -0.1) is 0 Å². The highest BCUT2D eigenvalue weighted by Crippen LogP contribution is 2.34. The number of nitrogens with two attached hydrogens (primary N) is 1. The lowest BCUT2D eigenvalue weighted by molar-refractivity contribution is -0.138. The lowest BCUT2D eigenvalue weighted by Crippen LogP contribution is -2.32.